The van der Waals surface area contributed by atoms with E-state index in [9.17, 15) is 0 Å². The van der Waals surface area contributed by atoms with Gasteiger partial charge in [0.1, 0.15) is 0 Å². The van der Waals surface area contributed by atoms with Crippen LogP contribution >= 0.6 is 0 Å². The first kappa shape index (κ1) is 9.79. The van der Waals surface area contributed by atoms with Gasteiger partial charge in [-0.1, -0.05) is 12.5 Å². The van der Waals surface area contributed by atoms with Gasteiger partial charge in [0.25, 0.3) is 0 Å². The van der Waals surface area contributed by atoms with Gasteiger partial charge in [-0.2, -0.15) is 0 Å². The maximum atomic E-state index is 3.92. The second-order valence-electron chi connectivity index (χ2n) is 4.50. The summed E-state index contributed by atoms with van der Waals surface area (Å²) in [5.41, 5.74) is 1.28. The lowest BCUT2D eigenvalue weighted by Gasteiger charge is -2.35. The Kier molecular flexibility index (Phi) is 3.33. The van der Waals surface area contributed by atoms with Gasteiger partial charge in [0, 0.05) is 12.1 Å². The molecule has 1 N–H and O–H groups in total. The Bertz CT molecular complexity index is 156. The van der Waals surface area contributed by atoms with E-state index in [1.54, 1.807) is 0 Å². The number of rotatable bonds is 4. The quantitative estimate of drug-likeness (QED) is 0.635. The molecule has 0 bridgehead atoms. The second kappa shape index (κ2) is 4.08. The number of nitrogens with one attached hydrogen (secondary N) is 1. The predicted molar refractivity (Wildman–Crippen MR) is 54.2 cm³/mol. The van der Waals surface area contributed by atoms with E-state index in [-0.39, 0.29) is 0 Å². The molecule has 0 aliphatic heterocycles. The van der Waals surface area contributed by atoms with E-state index in [0.717, 1.165) is 18.4 Å². The van der Waals surface area contributed by atoms with Crippen molar-refractivity contribution in [2.24, 2.45) is 5.92 Å². The molecule has 1 atom stereocenters. The van der Waals surface area contributed by atoms with Crippen LogP contribution in [0.25, 0.3) is 0 Å². The lowest BCUT2D eigenvalue weighted by Crippen LogP contribution is -2.44. The van der Waals surface area contributed by atoms with Gasteiger partial charge in [0.2, 0.25) is 0 Å². The molecule has 0 saturated heterocycles. The minimum Gasteiger partial charge on any atom is -0.311 e. The average molecular weight is 167 g/mol. The first-order valence-electron chi connectivity index (χ1n) is 4.98. The van der Waals surface area contributed by atoms with Crippen LogP contribution in [0.2, 0.25) is 0 Å². The van der Waals surface area contributed by atoms with Gasteiger partial charge in [-0.15, -0.1) is 6.58 Å². The molecule has 1 fully saturated rings. The normalized spacial score (nSPS) is 30.9. The van der Waals surface area contributed by atoms with E-state index in [2.05, 4.69) is 32.7 Å². The number of hydrogen-bond donors (Lipinski definition) is 1. The Balaban J connectivity index is 2.10. The van der Waals surface area contributed by atoms with Crippen LogP contribution < -0.4 is 5.32 Å². The minimum atomic E-state index is 0.611. The van der Waals surface area contributed by atoms with Gasteiger partial charge in [0.15, 0.2) is 0 Å². The van der Waals surface area contributed by atoms with Crippen LogP contribution in [-0.2, 0) is 0 Å². The summed E-state index contributed by atoms with van der Waals surface area (Å²) >= 11 is 0. The molecule has 0 heterocycles. The summed E-state index contributed by atoms with van der Waals surface area (Å²) in [6.45, 7) is 10.6. The topological polar surface area (TPSA) is 12.0 Å². The summed E-state index contributed by atoms with van der Waals surface area (Å²) in [5, 5.41) is 3.62. The zero-order valence-corrected chi connectivity index (χ0v) is 8.56. The molecule has 12 heavy (non-hydrogen) atoms. The van der Waals surface area contributed by atoms with Crippen LogP contribution in [0.4, 0.5) is 0 Å². The molecule has 0 aromatic heterocycles. The predicted octanol–water partition coefficient (Wildman–Crippen LogP) is 2.73. The molecule has 0 amide bonds. The van der Waals surface area contributed by atoms with Crippen molar-refractivity contribution in [2.75, 3.05) is 0 Å². The van der Waals surface area contributed by atoms with Gasteiger partial charge < -0.3 is 5.32 Å². The van der Waals surface area contributed by atoms with Crippen molar-refractivity contribution in [3.63, 3.8) is 0 Å². The third kappa shape index (κ3) is 2.98. The van der Waals surface area contributed by atoms with Gasteiger partial charge >= 0.3 is 0 Å². The summed E-state index contributed by atoms with van der Waals surface area (Å²) in [5.74, 6) is 0.944. The highest BCUT2D eigenvalue weighted by atomic mass is 15.0. The fourth-order valence-electron chi connectivity index (χ4n) is 2.02. The third-order valence-electron chi connectivity index (χ3n) is 2.55. The lowest BCUT2D eigenvalue weighted by atomic mass is 9.81. The van der Waals surface area contributed by atoms with Crippen molar-refractivity contribution >= 4 is 0 Å². The molecule has 0 spiro atoms. The van der Waals surface area contributed by atoms with E-state index < -0.39 is 0 Å². The van der Waals surface area contributed by atoms with Crippen LogP contribution in [0.5, 0.6) is 0 Å². The largest absolute Gasteiger partial charge is 0.311 e. The van der Waals surface area contributed by atoms with Gasteiger partial charge in [-0.05, 0) is 39.0 Å². The summed E-state index contributed by atoms with van der Waals surface area (Å²) < 4.78 is 0. The SMILES string of the molecule is C=C(C)CC(C)NC1CC(C)C1. The fourth-order valence-corrected chi connectivity index (χ4v) is 2.02. The minimum absolute atomic E-state index is 0.611. The molecule has 0 aromatic rings. The van der Waals surface area contributed by atoms with Crippen molar-refractivity contribution in [1.82, 2.24) is 5.32 Å². The first-order chi connectivity index (χ1) is 5.58. The summed E-state index contributed by atoms with van der Waals surface area (Å²) in [6, 6.07) is 1.40. The summed E-state index contributed by atoms with van der Waals surface area (Å²) in [6.07, 6.45) is 3.84. The van der Waals surface area contributed by atoms with Crippen LogP contribution in [0.15, 0.2) is 12.2 Å². The van der Waals surface area contributed by atoms with Gasteiger partial charge in [-0.25, -0.2) is 0 Å². The van der Waals surface area contributed by atoms with Crippen molar-refractivity contribution in [2.45, 2.75) is 52.1 Å². The van der Waals surface area contributed by atoms with E-state index >= 15 is 0 Å². The Labute approximate surface area is 76.2 Å². The van der Waals surface area contributed by atoms with E-state index in [0.29, 0.717) is 6.04 Å². The number of hydrogen-bond acceptors (Lipinski definition) is 1. The Morgan fingerprint density at radius 1 is 1.58 bits per heavy atom. The molecule has 1 saturated carbocycles. The standard InChI is InChI=1S/C11H21N/c1-8(2)5-10(4)12-11-6-9(3)7-11/h9-12H,1,5-7H2,2-4H3. The monoisotopic (exact) mass is 167 g/mol. The Hall–Kier alpha value is -0.300. The fraction of sp³-hybridized carbons (Fsp3) is 0.818. The van der Waals surface area contributed by atoms with Crippen LogP contribution in [0, 0.1) is 5.92 Å². The van der Waals surface area contributed by atoms with Gasteiger partial charge in [-0.3, -0.25) is 0 Å². The molecule has 70 valence electrons. The zero-order valence-electron chi connectivity index (χ0n) is 8.56. The first-order valence-corrected chi connectivity index (χ1v) is 4.98. The highest BCUT2D eigenvalue weighted by Crippen LogP contribution is 2.26. The third-order valence-corrected chi connectivity index (χ3v) is 2.55. The summed E-state index contributed by atoms with van der Waals surface area (Å²) in [7, 11) is 0. The van der Waals surface area contributed by atoms with Crippen molar-refractivity contribution in [1.29, 1.82) is 0 Å². The second-order valence-corrected chi connectivity index (χ2v) is 4.50. The summed E-state index contributed by atoms with van der Waals surface area (Å²) in [4.78, 5) is 0. The molecule has 0 radical (unpaired) electrons. The molecule has 1 heteroatoms. The maximum Gasteiger partial charge on any atom is 0.00782 e. The van der Waals surface area contributed by atoms with Crippen LogP contribution in [0.3, 0.4) is 0 Å². The van der Waals surface area contributed by atoms with E-state index in [1.165, 1.54) is 18.4 Å². The van der Waals surface area contributed by atoms with Gasteiger partial charge in [0.05, 0.1) is 0 Å². The molecular weight excluding hydrogens is 146 g/mol. The maximum absolute atomic E-state index is 3.92. The molecular formula is C11H21N. The van der Waals surface area contributed by atoms with Crippen molar-refractivity contribution in [3.8, 4) is 0 Å². The highest BCUT2D eigenvalue weighted by molar-refractivity contribution is 4.93. The van der Waals surface area contributed by atoms with Crippen molar-refractivity contribution in [3.05, 3.63) is 12.2 Å². The molecule has 1 aliphatic rings. The molecule has 1 rings (SSSR count). The van der Waals surface area contributed by atoms with E-state index in [1.807, 2.05) is 0 Å². The van der Waals surface area contributed by atoms with Crippen LogP contribution in [0.1, 0.15) is 40.0 Å². The van der Waals surface area contributed by atoms with E-state index in [4.69, 9.17) is 0 Å². The zero-order chi connectivity index (χ0) is 9.14. The van der Waals surface area contributed by atoms with Crippen LogP contribution in [-0.4, -0.2) is 12.1 Å². The lowest BCUT2D eigenvalue weighted by molar-refractivity contribution is 0.225. The molecule has 0 aromatic carbocycles. The smallest absolute Gasteiger partial charge is 0.00782 e. The van der Waals surface area contributed by atoms with Crippen molar-refractivity contribution < 1.29 is 0 Å². The Morgan fingerprint density at radius 2 is 2.17 bits per heavy atom. The molecule has 1 aliphatic carbocycles. The molecule has 1 nitrogen and oxygen atoms in total. The average Bonchev–Trinajstić information content (AvgIpc) is 1.82. The molecule has 1 unspecified atom stereocenters. The highest BCUT2D eigenvalue weighted by Gasteiger charge is 2.25. The Morgan fingerprint density at radius 3 is 2.58 bits per heavy atom.